The number of alkyl halides is 3. The van der Waals surface area contributed by atoms with E-state index in [0.29, 0.717) is 6.10 Å². The van der Waals surface area contributed by atoms with Gasteiger partial charge in [0.1, 0.15) is 0 Å². The third-order valence-electron chi connectivity index (χ3n) is 4.56. The van der Waals surface area contributed by atoms with Gasteiger partial charge in [-0.25, -0.2) is 4.79 Å². The molecule has 1 saturated carbocycles. The second-order valence-electron chi connectivity index (χ2n) is 6.55. The minimum Gasteiger partial charge on any atom is -0.475 e. The summed E-state index contributed by atoms with van der Waals surface area (Å²) in [6.45, 7) is 5.03. The van der Waals surface area contributed by atoms with Crippen molar-refractivity contribution in [1.29, 1.82) is 0 Å². The lowest BCUT2D eigenvalue weighted by Crippen LogP contribution is -2.55. The number of rotatable bonds is 4. The van der Waals surface area contributed by atoms with Gasteiger partial charge in [-0.05, 0) is 44.6 Å². The first-order valence-corrected chi connectivity index (χ1v) is 8.04. The topological polar surface area (TPSA) is 67.8 Å². The lowest BCUT2D eigenvalue weighted by Gasteiger charge is -2.47. The van der Waals surface area contributed by atoms with Crippen LogP contribution in [0.25, 0.3) is 0 Å². The van der Waals surface area contributed by atoms with E-state index in [0.717, 1.165) is 45.2 Å². The normalized spacial score (nSPS) is 30.8. The summed E-state index contributed by atoms with van der Waals surface area (Å²) < 4.78 is 43.6. The first-order chi connectivity index (χ1) is 10.8. The summed E-state index contributed by atoms with van der Waals surface area (Å²) in [6, 6.07) is 0. The van der Waals surface area contributed by atoms with E-state index in [1.807, 2.05) is 0 Å². The molecule has 0 aromatic heterocycles. The van der Waals surface area contributed by atoms with Crippen LogP contribution < -0.4 is 5.32 Å². The minimum atomic E-state index is -5.08. The summed E-state index contributed by atoms with van der Waals surface area (Å²) in [7, 11) is 0. The van der Waals surface area contributed by atoms with E-state index in [1.54, 1.807) is 0 Å². The third kappa shape index (κ3) is 5.61. The molecule has 0 aromatic carbocycles. The van der Waals surface area contributed by atoms with E-state index in [1.165, 1.54) is 25.7 Å². The van der Waals surface area contributed by atoms with E-state index < -0.39 is 12.1 Å². The van der Waals surface area contributed by atoms with Gasteiger partial charge in [0.15, 0.2) is 0 Å². The Bertz CT molecular complexity index is 387. The molecule has 8 heteroatoms. The summed E-state index contributed by atoms with van der Waals surface area (Å²) in [5.74, 6) is -1.89. The fourth-order valence-corrected chi connectivity index (χ4v) is 3.08. The zero-order valence-electron chi connectivity index (χ0n) is 13.0. The van der Waals surface area contributed by atoms with Crippen LogP contribution in [0.3, 0.4) is 0 Å². The van der Waals surface area contributed by atoms with Crippen molar-refractivity contribution in [1.82, 2.24) is 5.32 Å². The van der Waals surface area contributed by atoms with Crippen molar-refractivity contribution in [2.24, 2.45) is 11.3 Å². The highest BCUT2D eigenvalue weighted by molar-refractivity contribution is 5.73. The Morgan fingerprint density at radius 2 is 2.04 bits per heavy atom. The van der Waals surface area contributed by atoms with Crippen molar-refractivity contribution >= 4 is 5.97 Å². The third-order valence-corrected chi connectivity index (χ3v) is 4.56. The van der Waals surface area contributed by atoms with Crippen LogP contribution in [0.4, 0.5) is 13.2 Å². The Kier molecular flexibility index (Phi) is 6.27. The van der Waals surface area contributed by atoms with Crippen molar-refractivity contribution < 1.29 is 32.5 Å². The molecule has 2 aliphatic heterocycles. The Morgan fingerprint density at radius 1 is 1.35 bits per heavy atom. The number of fused-ring (bicyclic) bond motifs is 1. The Balaban J connectivity index is 0.000000236. The van der Waals surface area contributed by atoms with E-state index in [-0.39, 0.29) is 5.41 Å². The second kappa shape index (κ2) is 7.81. The highest BCUT2D eigenvalue weighted by Gasteiger charge is 2.44. The SMILES string of the molecule is C1COC2CCNCC2(COCC2CC2)C1.O=C(O)C(F)(F)F. The number of carboxylic acid groups (broad SMARTS) is 1. The molecule has 2 N–H and O–H groups in total. The quantitative estimate of drug-likeness (QED) is 0.822. The molecule has 0 aromatic rings. The zero-order valence-corrected chi connectivity index (χ0v) is 13.0. The van der Waals surface area contributed by atoms with Gasteiger partial charge in [-0.3, -0.25) is 0 Å². The smallest absolute Gasteiger partial charge is 0.475 e. The van der Waals surface area contributed by atoms with Gasteiger partial charge in [-0.15, -0.1) is 0 Å². The lowest BCUT2D eigenvalue weighted by atomic mass is 9.73. The Hall–Kier alpha value is -0.860. The van der Waals surface area contributed by atoms with Crippen LogP contribution in [-0.4, -0.2) is 56.3 Å². The van der Waals surface area contributed by atoms with Gasteiger partial charge >= 0.3 is 12.1 Å². The summed E-state index contributed by atoms with van der Waals surface area (Å²) >= 11 is 0. The molecule has 0 amide bonds. The predicted octanol–water partition coefficient (Wildman–Crippen LogP) is 2.20. The van der Waals surface area contributed by atoms with Crippen LogP contribution in [0, 0.1) is 11.3 Å². The average Bonchev–Trinajstić information content (AvgIpc) is 3.31. The molecule has 0 bridgehead atoms. The van der Waals surface area contributed by atoms with Crippen LogP contribution in [0.2, 0.25) is 0 Å². The van der Waals surface area contributed by atoms with Crippen LogP contribution in [0.1, 0.15) is 32.1 Å². The van der Waals surface area contributed by atoms with Crippen LogP contribution in [-0.2, 0) is 14.3 Å². The van der Waals surface area contributed by atoms with Crippen molar-refractivity contribution in [2.75, 3.05) is 32.9 Å². The van der Waals surface area contributed by atoms with Gasteiger partial charge in [0.2, 0.25) is 0 Å². The van der Waals surface area contributed by atoms with Gasteiger partial charge in [0, 0.05) is 25.2 Å². The standard InChI is InChI=1S/C13H23NO2.C2HF3O2/c1-5-13(10-15-8-11-2-3-11)9-14-6-4-12(13)16-7-1;3-2(4,5)1(6)7/h11-12,14H,1-10H2;(H,6,7). The molecule has 134 valence electrons. The molecule has 2 heterocycles. The number of carbonyl (C=O) groups is 1. The maximum Gasteiger partial charge on any atom is 0.490 e. The molecule has 23 heavy (non-hydrogen) atoms. The van der Waals surface area contributed by atoms with E-state index in [9.17, 15) is 13.2 Å². The Morgan fingerprint density at radius 3 is 2.65 bits per heavy atom. The summed E-state index contributed by atoms with van der Waals surface area (Å²) in [4.78, 5) is 8.90. The predicted molar refractivity (Wildman–Crippen MR) is 76.1 cm³/mol. The Labute approximate surface area is 133 Å². The largest absolute Gasteiger partial charge is 0.490 e. The number of aliphatic carboxylic acids is 1. The zero-order chi connectivity index (χ0) is 16.9. The maximum absolute atomic E-state index is 10.6. The highest BCUT2D eigenvalue weighted by atomic mass is 19.4. The summed E-state index contributed by atoms with van der Waals surface area (Å²) in [5.41, 5.74) is 0.283. The number of halogens is 3. The average molecular weight is 339 g/mol. The molecular formula is C15H24F3NO4. The highest BCUT2D eigenvalue weighted by Crippen LogP contribution is 2.38. The number of ether oxygens (including phenoxy) is 2. The maximum atomic E-state index is 10.6. The van der Waals surface area contributed by atoms with E-state index >= 15 is 0 Å². The van der Waals surface area contributed by atoms with Crippen LogP contribution in [0.5, 0.6) is 0 Å². The monoisotopic (exact) mass is 339 g/mol. The fourth-order valence-electron chi connectivity index (χ4n) is 3.08. The molecule has 2 atom stereocenters. The number of hydrogen-bond acceptors (Lipinski definition) is 4. The van der Waals surface area contributed by atoms with Gasteiger partial charge in [0.05, 0.1) is 12.7 Å². The molecule has 0 radical (unpaired) electrons. The number of nitrogens with one attached hydrogen (secondary N) is 1. The molecule has 1 aliphatic carbocycles. The van der Waals surface area contributed by atoms with Crippen LogP contribution in [0.15, 0.2) is 0 Å². The molecule has 2 unspecified atom stereocenters. The minimum absolute atomic E-state index is 0.283. The van der Waals surface area contributed by atoms with Crippen molar-refractivity contribution in [3.63, 3.8) is 0 Å². The molecule has 2 saturated heterocycles. The van der Waals surface area contributed by atoms with Gasteiger partial charge in [-0.1, -0.05) is 0 Å². The molecule has 3 fully saturated rings. The summed E-state index contributed by atoms with van der Waals surface area (Å²) in [6.07, 6.45) is 1.75. The van der Waals surface area contributed by atoms with Crippen LogP contribution >= 0.6 is 0 Å². The molecule has 3 rings (SSSR count). The molecule has 3 aliphatic rings. The van der Waals surface area contributed by atoms with Gasteiger partial charge in [-0.2, -0.15) is 13.2 Å². The molecule has 0 spiro atoms. The molecule has 5 nitrogen and oxygen atoms in total. The lowest BCUT2D eigenvalue weighted by molar-refractivity contribution is -0.192. The first kappa shape index (κ1) is 18.5. The number of carboxylic acids is 1. The van der Waals surface area contributed by atoms with E-state index in [2.05, 4.69) is 5.32 Å². The van der Waals surface area contributed by atoms with Crippen molar-refractivity contribution in [2.45, 2.75) is 44.4 Å². The van der Waals surface area contributed by atoms with Crippen molar-refractivity contribution in [3.8, 4) is 0 Å². The van der Waals surface area contributed by atoms with Gasteiger partial charge in [0.25, 0.3) is 0 Å². The summed E-state index contributed by atoms with van der Waals surface area (Å²) in [5, 5.41) is 10.6. The second-order valence-corrected chi connectivity index (χ2v) is 6.55. The number of hydrogen-bond donors (Lipinski definition) is 2. The molecular weight excluding hydrogens is 315 g/mol. The fraction of sp³-hybridized carbons (Fsp3) is 0.933. The van der Waals surface area contributed by atoms with Crippen molar-refractivity contribution in [3.05, 3.63) is 0 Å². The van der Waals surface area contributed by atoms with Gasteiger partial charge < -0.3 is 19.9 Å². The first-order valence-electron chi connectivity index (χ1n) is 8.04. The number of piperidine rings is 1. The van der Waals surface area contributed by atoms with E-state index in [4.69, 9.17) is 19.4 Å².